The van der Waals surface area contributed by atoms with Crippen LogP contribution in [0.1, 0.15) is 18.4 Å². The maximum Gasteiger partial charge on any atom is 0.240 e. The van der Waals surface area contributed by atoms with Crippen LogP contribution in [0.4, 0.5) is 0 Å². The molecule has 0 bridgehead atoms. The minimum absolute atomic E-state index is 0.162. The standard InChI is InChI=1S/C27H25Cl2N5O3/c28-21-11-10-20(15-22(21)29)34-26(16-23(33-34)19-8-4-12-31-17-19)37-13-5-9-25(35)32-24(27(30)36)14-18-6-2-1-3-7-18/h1-4,6-8,10-12,15-17,24H,5,9,13-14H2,(H2,30,36)(H,32,35)/t24-/m0/s1. The number of amides is 2. The molecule has 0 unspecified atom stereocenters. The van der Waals surface area contributed by atoms with Gasteiger partial charge in [0, 0.05) is 36.9 Å². The van der Waals surface area contributed by atoms with Gasteiger partial charge < -0.3 is 15.8 Å². The number of rotatable bonds is 11. The molecule has 0 fully saturated rings. The van der Waals surface area contributed by atoms with Crippen molar-refractivity contribution < 1.29 is 14.3 Å². The number of nitrogens with two attached hydrogens (primary N) is 1. The molecule has 2 amide bonds. The fraction of sp³-hybridized carbons (Fsp3) is 0.185. The predicted molar refractivity (Wildman–Crippen MR) is 143 cm³/mol. The van der Waals surface area contributed by atoms with Crippen molar-refractivity contribution >= 4 is 35.0 Å². The summed E-state index contributed by atoms with van der Waals surface area (Å²) in [5, 5.41) is 8.19. The van der Waals surface area contributed by atoms with Gasteiger partial charge in [-0.15, -0.1) is 0 Å². The lowest BCUT2D eigenvalue weighted by Gasteiger charge is -2.16. The highest BCUT2D eigenvalue weighted by Crippen LogP contribution is 2.29. The van der Waals surface area contributed by atoms with Crippen LogP contribution < -0.4 is 15.8 Å². The Morgan fingerprint density at radius 1 is 1.03 bits per heavy atom. The molecule has 2 aromatic carbocycles. The van der Waals surface area contributed by atoms with Gasteiger partial charge in [-0.25, -0.2) is 4.68 Å². The Bertz CT molecular complexity index is 1360. The quantitative estimate of drug-likeness (QED) is 0.271. The van der Waals surface area contributed by atoms with Crippen LogP contribution in [0.15, 0.2) is 79.1 Å². The number of hydrogen-bond donors (Lipinski definition) is 2. The van der Waals surface area contributed by atoms with Crippen molar-refractivity contribution in [2.45, 2.75) is 25.3 Å². The topological polar surface area (TPSA) is 112 Å². The Hall–Kier alpha value is -3.88. The molecule has 0 spiro atoms. The van der Waals surface area contributed by atoms with E-state index in [2.05, 4.69) is 15.4 Å². The number of aromatic nitrogens is 3. The van der Waals surface area contributed by atoms with Crippen molar-refractivity contribution in [3.8, 4) is 22.8 Å². The zero-order valence-electron chi connectivity index (χ0n) is 19.8. The molecule has 2 heterocycles. The highest BCUT2D eigenvalue weighted by atomic mass is 35.5. The van der Waals surface area contributed by atoms with E-state index >= 15 is 0 Å². The third-order valence-electron chi connectivity index (χ3n) is 5.54. The minimum atomic E-state index is -0.783. The number of nitrogens with one attached hydrogen (secondary N) is 1. The van der Waals surface area contributed by atoms with Crippen LogP contribution in [0.5, 0.6) is 5.88 Å². The van der Waals surface area contributed by atoms with E-state index in [9.17, 15) is 9.59 Å². The van der Waals surface area contributed by atoms with E-state index in [0.717, 1.165) is 11.1 Å². The Balaban J connectivity index is 1.40. The minimum Gasteiger partial charge on any atom is -0.478 e. The molecule has 0 saturated carbocycles. The van der Waals surface area contributed by atoms with Gasteiger partial charge in [-0.2, -0.15) is 5.10 Å². The lowest BCUT2D eigenvalue weighted by Crippen LogP contribution is -2.45. The van der Waals surface area contributed by atoms with E-state index in [1.54, 1.807) is 41.3 Å². The molecule has 8 nitrogen and oxygen atoms in total. The van der Waals surface area contributed by atoms with Crippen molar-refractivity contribution in [1.29, 1.82) is 0 Å². The Morgan fingerprint density at radius 2 is 1.84 bits per heavy atom. The van der Waals surface area contributed by atoms with Gasteiger partial charge in [-0.05, 0) is 42.3 Å². The first kappa shape index (κ1) is 26.2. The summed E-state index contributed by atoms with van der Waals surface area (Å²) in [7, 11) is 0. The molecule has 3 N–H and O–H groups in total. The molecule has 0 aliphatic rings. The molecule has 4 rings (SSSR count). The summed E-state index contributed by atoms with van der Waals surface area (Å²) in [5.74, 6) is -0.393. The maximum atomic E-state index is 12.5. The molecular weight excluding hydrogens is 513 g/mol. The van der Waals surface area contributed by atoms with Gasteiger partial charge in [-0.1, -0.05) is 53.5 Å². The van der Waals surface area contributed by atoms with E-state index in [-0.39, 0.29) is 18.9 Å². The van der Waals surface area contributed by atoms with Crippen LogP contribution in [0.25, 0.3) is 16.9 Å². The number of benzene rings is 2. The van der Waals surface area contributed by atoms with Crippen molar-refractivity contribution in [1.82, 2.24) is 20.1 Å². The highest BCUT2D eigenvalue weighted by molar-refractivity contribution is 6.42. The predicted octanol–water partition coefficient (Wildman–Crippen LogP) is 4.61. The summed E-state index contributed by atoms with van der Waals surface area (Å²) in [6, 6.07) is 19.3. The third-order valence-corrected chi connectivity index (χ3v) is 6.28. The summed E-state index contributed by atoms with van der Waals surface area (Å²) < 4.78 is 7.61. The smallest absolute Gasteiger partial charge is 0.240 e. The molecule has 10 heteroatoms. The van der Waals surface area contributed by atoms with Crippen molar-refractivity contribution in [2.75, 3.05) is 6.61 Å². The van der Waals surface area contributed by atoms with Crippen LogP contribution in [0.3, 0.4) is 0 Å². The number of ether oxygens (including phenoxy) is 1. The lowest BCUT2D eigenvalue weighted by molar-refractivity contribution is -0.127. The molecule has 0 radical (unpaired) electrons. The van der Waals surface area contributed by atoms with Crippen LogP contribution in [0, 0.1) is 0 Å². The molecule has 4 aromatic rings. The molecule has 37 heavy (non-hydrogen) atoms. The van der Waals surface area contributed by atoms with Gasteiger partial charge in [0.2, 0.25) is 17.7 Å². The summed E-state index contributed by atoms with van der Waals surface area (Å²) in [6.07, 6.45) is 4.30. The van der Waals surface area contributed by atoms with Crippen LogP contribution in [-0.4, -0.2) is 39.2 Å². The van der Waals surface area contributed by atoms with Gasteiger partial charge >= 0.3 is 0 Å². The summed E-state index contributed by atoms with van der Waals surface area (Å²) >= 11 is 12.3. The highest BCUT2D eigenvalue weighted by Gasteiger charge is 2.19. The third kappa shape index (κ3) is 7.09. The first-order valence-corrected chi connectivity index (χ1v) is 12.4. The normalized spacial score (nSPS) is 11.6. The fourth-order valence-electron chi connectivity index (χ4n) is 3.67. The molecule has 190 valence electrons. The Labute approximate surface area is 224 Å². The van der Waals surface area contributed by atoms with E-state index in [0.29, 0.717) is 40.1 Å². The molecule has 0 aliphatic heterocycles. The number of pyridine rings is 1. The summed E-state index contributed by atoms with van der Waals surface area (Å²) in [4.78, 5) is 28.5. The molecular formula is C27H25Cl2N5O3. The fourth-order valence-corrected chi connectivity index (χ4v) is 3.96. The van der Waals surface area contributed by atoms with Gasteiger partial charge in [-0.3, -0.25) is 14.6 Å². The zero-order valence-corrected chi connectivity index (χ0v) is 21.3. The second-order valence-electron chi connectivity index (χ2n) is 8.28. The molecule has 1 atom stereocenters. The number of hydrogen-bond acceptors (Lipinski definition) is 5. The number of nitrogens with zero attached hydrogens (tertiary/aromatic N) is 3. The molecule has 2 aromatic heterocycles. The average Bonchev–Trinajstić information content (AvgIpc) is 3.33. The Morgan fingerprint density at radius 3 is 2.54 bits per heavy atom. The number of carbonyl (C=O) groups excluding carboxylic acids is 2. The van der Waals surface area contributed by atoms with Crippen LogP contribution in [0.2, 0.25) is 10.0 Å². The number of halogens is 2. The van der Waals surface area contributed by atoms with Crippen molar-refractivity contribution in [2.24, 2.45) is 5.73 Å². The molecule has 0 aliphatic carbocycles. The largest absolute Gasteiger partial charge is 0.478 e. The maximum absolute atomic E-state index is 12.5. The lowest BCUT2D eigenvalue weighted by atomic mass is 10.1. The van der Waals surface area contributed by atoms with Gasteiger partial charge in [0.15, 0.2) is 0 Å². The van der Waals surface area contributed by atoms with Crippen LogP contribution in [-0.2, 0) is 16.0 Å². The van der Waals surface area contributed by atoms with E-state index < -0.39 is 11.9 Å². The first-order valence-electron chi connectivity index (χ1n) is 11.6. The van der Waals surface area contributed by atoms with Gasteiger partial charge in [0.1, 0.15) is 6.04 Å². The van der Waals surface area contributed by atoms with E-state index in [1.165, 1.54) is 0 Å². The zero-order chi connectivity index (χ0) is 26.2. The summed E-state index contributed by atoms with van der Waals surface area (Å²) in [5.41, 5.74) is 8.56. The average molecular weight is 538 g/mol. The van der Waals surface area contributed by atoms with Gasteiger partial charge in [0.25, 0.3) is 0 Å². The van der Waals surface area contributed by atoms with Gasteiger partial charge in [0.05, 0.1) is 28.0 Å². The van der Waals surface area contributed by atoms with Crippen molar-refractivity contribution in [3.05, 3.63) is 94.7 Å². The van der Waals surface area contributed by atoms with E-state index in [4.69, 9.17) is 33.7 Å². The second-order valence-corrected chi connectivity index (χ2v) is 9.10. The van der Waals surface area contributed by atoms with E-state index in [1.807, 2.05) is 42.5 Å². The number of primary amides is 1. The SMILES string of the molecule is NC(=O)[C@H](Cc1ccccc1)NC(=O)CCCOc1cc(-c2cccnc2)nn1-c1ccc(Cl)c(Cl)c1. The molecule has 0 saturated heterocycles. The van der Waals surface area contributed by atoms with Crippen LogP contribution >= 0.6 is 23.2 Å². The second kappa shape index (κ2) is 12.4. The Kier molecular flexibility index (Phi) is 8.77. The first-order chi connectivity index (χ1) is 17.9. The summed E-state index contributed by atoms with van der Waals surface area (Å²) in [6.45, 7) is 0.243. The monoisotopic (exact) mass is 537 g/mol. The number of carbonyl (C=O) groups is 2. The van der Waals surface area contributed by atoms with Crippen molar-refractivity contribution in [3.63, 3.8) is 0 Å².